The maximum absolute atomic E-state index is 13.6. The Bertz CT molecular complexity index is 1540. The third-order valence-corrected chi connectivity index (χ3v) is 19.9. The summed E-state index contributed by atoms with van der Waals surface area (Å²) in [6.07, 6.45) is 96.8. The summed E-state index contributed by atoms with van der Waals surface area (Å²) < 4.78 is 6.36. The number of nitrogens with one attached hydrogen (secondary N) is 2. The van der Waals surface area contributed by atoms with Gasteiger partial charge in [0.25, 0.3) is 11.8 Å². The van der Waals surface area contributed by atoms with Gasteiger partial charge in [-0.05, 0) is 37.5 Å². The minimum Gasteiger partial charge on any atom is -0.493 e. The van der Waals surface area contributed by atoms with E-state index in [2.05, 4.69) is 31.4 Å². The molecule has 0 saturated carbocycles. The minimum atomic E-state index is -0.0884. The quantitative estimate of drug-likeness (QED) is 0.0639. The van der Waals surface area contributed by atoms with Gasteiger partial charge in [0.1, 0.15) is 5.75 Å². The van der Waals surface area contributed by atoms with Crippen LogP contribution in [0, 0.1) is 0 Å². The van der Waals surface area contributed by atoms with Crippen molar-refractivity contribution >= 4 is 11.8 Å². The van der Waals surface area contributed by atoms with E-state index in [9.17, 15) is 9.59 Å². The average molecular weight is 1250 g/mol. The molecule has 0 unspecified atom stereocenters. The Morgan fingerprint density at radius 3 is 0.663 bits per heavy atom. The predicted molar refractivity (Wildman–Crippen MR) is 397 cm³/mol. The van der Waals surface area contributed by atoms with Gasteiger partial charge in [-0.25, -0.2) is 0 Å². The normalized spacial score (nSPS) is 11.5. The van der Waals surface area contributed by atoms with Crippen LogP contribution in [0.5, 0.6) is 5.75 Å². The molecule has 0 aliphatic heterocycles. The number of benzene rings is 1. The molecule has 0 fully saturated rings. The van der Waals surface area contributed by atoms with Crippen LogP contribution < -0.4 is 15.4 Å². The number of unbranched alkanes of at least 4 members (excludes halogenated alkanes) is 67. The standard InChI is InChI=1S/C84H160N2O3/c1-4-7-10-13-16-19-22-25-28-31-33-35-37-39-41-43-45-47-49-51-53-56-59-62-65-68-71-76-85-83(87)80-74-75-81(82(79-80)89-78-73-70-67-64-61-58-55-30-27-24-21-18-15-12-9-6-3)84(88)86-77-72-69-66-63-60-57-54-52-50-48-46-44-42-40-38-36-34-32-29-26-23-20-17-14-11-8-5-2/h74-75,79H,4-73,76-78H2,1-3H3,(H,85,87)(H,86,88). The van der Waals surface area contributed by atoms with E-state index in [4.69, 9.17) is 4.74 Å². The highest BCUT2D eigenvalue weighted by Crippen LogP contribution is 2.24. The molecule has 0 heterocycles. The van der Waals surface area contributed by atoms with Crippen LogP contribution in [-0.2, 0) is 0 Å². The molecule has 524 valence electrons. The number of rotatable bonds is 76. The molecule has 0 bridgehead atoms. The van der Waals surface area contributed by atoms with Crippen molar-refractivity contribution in [3.05, 3.63) is 29.3 Å². The van der Waals surface area contributed by atoms with Gasteiger partial charge in [0.2, 0.25) is 0 Å². The number of amides is 2. The van der Waals surface area contributed by atoms with E-state index in [1.54, 1.807) is 0 Å². The van der Waals surface area contributed by atoms with E-state index in [1.165, 1.54) is 411 Å². The van der Waals surface area contributed by atoms with Crippen molar-refractivity contribution in [2.75, 3.05) is 19.7 Å². The lowest BCUT2D eigenvalue weighted by molar-refractivity contribution is 0.0937. The first-order chi connectivity index (χ1) is 44.1. The Hall–Kier alpha value is -2.04. The van der Waals surface area contributed by atoms with E-state index in [0.29, 0.717) is 36.6 Å². The second-order valence-corrected chi connectivity index (χ2v) is 28.8. The number of carbonyl (C=O) groups excluding carboxylic acids is 2. The number of hydrogen-bond donors (Lipinski definition) is 2. The third-order valence-electron chi connectivity index (χ3n) is 19.9. The number of ether oxygens (including phenoxy) is 1. The van der Waals surface area contributed by atoms with Gasteiger partial charge in [-0.2, -0.15) is 0 Å². The van der Waals surface area contributed by atoms with Crippen LogP contribution >= 0.6 is 0 Å². The molecule has 2 amide bonds. The summed E-state index contributed by atoms with van der Waals surface area (Å²) >= 11 is 0. The molecule has 1 rings (SSSR count). The zero-order valence-electron chi connectivity index (χ0n) is 61.1. The van der Waals surface area contributed by atoms with Gasteiger partial charge < -0.3 is 15.4 Å². The van der Waals surface area contributed by atoms with Crippen molar-refractivity contribution in [2.24, 2.45) is 0 Å². The molecule has 0 saturated heterocycles. The lowest BCUT2D eigenvalue weighted by Gasteiger charge is -2.14. The molecular formula is C84H160N2O3. The van der Waals surface area contributed by atoms with Crippen LogP contribution in [0.1, 0.15) is 491 Å². The highest BCUT2D eigenvalue weighted by Gasteiger charge is 2.16. The Kier molecular flexibility index (Phi) is 70.1. The van der Waals surface area contributed by atoms with Crippen molar-refractivity contribution in [3.63, 3.8) is 0 Å². The van der Waals surface area contributed by atoms with Crippen LogP contribution in [0.25, 0.3) is 0 Å². The number of carbonyl (C=O) groups is 2. The van der Waals surface area contributed by atoms with Crippen LogP contribution in [0.2, 0.25) is 0 Å². The fourth-order valence-corrected chi connectivity index (χ4v) is 13.6. The summed E-state index contributed by atoms with van der Waals surface area (Å²) in [4.78, 5) is 27.0. The lowest BCUT2D eigenvalue weighted by atomic mass is 10.0. The first kappa shape index (κ1) is 85.0. The van der Waals surface area contributed by atoms with E-state index in [-0.39, 0.29) is 11.8 Å². The number of hydrogen-bond acceptors (Lipinski definition) is 3. The van der Waals surface area contributed by atoms with Crippen LogP contribution in [0.15, 0.2) is 18.2 Å². The Labute approximate surface area is 558 Å². The fraction of sp³-hybridized carbons (Fsp3) is 0.905. The topological polar surface area (TPSA) is 67.4 Å². The zero-order chi connectivity index (χ0) is 63.7. The van der Waals surface area contributed by atoms with Gasteiger partial charge in [-0.15, -0.1) is 0 Å². The molecule has 0 aliphatic rings. The summed E-state index contributed by atoms with van der Waals surface area (Å²) in [5.74, 6) is 0.390. The van der Waals surface area contributed by atoms with E-state index >= 15 is 0 Å². The Morgan fingerprint density at radius 1 is 0.247 bits per heavy atom. The van der Waals surface area contributed by atoms with Crippen molar-refractivity contribution in [1.82, 2.24) is 10.6 Å². The molecule has 0 atom stereocenters. The van der Waals surface area contributed by atoms with E-state index in [0.717, 1.165) is 38.5 Å². The minimum absolute atomic E-state index is 0.0697. The summed E-state index contributed by atoms with van der Waals surface area (Å²) in [5.41, 5.74) is 1.13. The van der Waals surface area contributed by atoms with Crippen molar-refractivity contribution < 1.29 is 14.3 Å². The van der Waals surface area contributed by atoms with E-state index < -0.39 is 0 Å². The average Bonchev–Trinajstić information content (AvgIpc) is 3.71. The molecule has 2 N–H and O–H groups in total. The summed E-state index contributed by atoms with van der Waals surface area (Å²) in [6, 6.07) is 5.45. The molecule has 5 nitrogen and oxygen atoms in total. The largest absolute Gasteiger partial charge is 0.493 e. The maximum atomic E-state index is 13.6. The van der Waals surface area contributed by atoms with Crippen molar-refractivity contribution in [2.45, 2.75) is 470 Å². The Balaban J connectivity index is 2.23. The maximum Gasteiger partial charge on any atom is 0.255 e. The molecule has 0 aromatic heterocycles. The van der Waals surface area contributed by atoms with Crippen LogP contribution in [-0.4, -0.2) is 31.5 Å². The molecule has 1 aromatic carbocycles. The first-order valence-corrected chi connectivity index (χ1v) is 41.5. The highest BCUT2D eigenvalue weighted by molar-refractivity contribution is 6.00. The molecule has 5 heteroatoms. The van der Waals surface area contributed by atoms with Gasteiger partial charge in [0.05, 0.1) is 12.2 Å². The zero-order valence-corrected chi connectivity index (χ0v) is 61.1. The van der Waals surface area contributed by atoms with Crippen molar-refractivity contribution in [1.29, 1.82) is 0 Å². The molecule has 1 aromatic rings. The summed E-state index contributed by atoms with van der Waals surface area (Å²) in [7, 11) is 0. The van der Waals surface area contributed by atoms with E-state index in [1.807, 2.05) is 18.2 Å². The summed E-state index contributed by atoms with van der Waals surface area (Å²) in [6.45, 7) is 8.85. The predicted octanol–water partition coefficient (Wildman–Crippen LogP) is 28.9. The molecule has 0 spiro atoms. The molecule has 89 heavy (non-hydrogen) atoms. The van der Waals surface area contributed by atoms with Crippen LogP contribution in [0.4, 0.5) is 0 Å². The monoisotopic (exact) mass is 1250 g/mol. The molecular weight excluding hydrogens is 1080 g/mol. The Morgan fingerprint density at radius 2 is 0.438 bits per heavy atom. The van der Waals surface area contributed by atoms with Gasteiger partial charge in [-0.1, -0.05) is 451 Å². The molecule has 0 radical (unpaired) electrons. The van der Waals surface area contributed by atoms with Crippen molar-refractivity contribution in [3.8, 4) is 5.75 Å². The van der Waals surface area contributed by atoms with Crippen LogP contribution in [0.3, 0.4) is 0 Å². The second-order valence-electron chi connectivity index (χ2n) is 28.8. The smallest absolute Gasteiger partial charge is 0.255 e. The molecule has 0 aliphatic carbocycles. The SMILES string of the molecule is CCCCCCCCCCCCCCCCCCCCCCCCCCCCCNC(=O)c1ccc(C(=O)NCCCCCCCCCCCCCCCCCCCCCCCCCCCCC)c(OCCCCCCCCCCCCCCCCCC)c1. The van der Waals surface area contributed by atoms with Gasteiger partial charge >= 0.3 is 0 Å². The fourth-order valence-electron chi connectivity index (χ4n) is 13.6. The van der Waals surface area contributed by atoms with Gasteiger partial charge in [0, 0.05) is 18.7 Å². The second kappa shape index (κ2) is 73.4. The highest BCUT2D eigenvalue weighted by atomic mass is 16.5. The summed E-state index contributed by atoms with van der Waals surface area (Å²) in [5, 5.41) is 6.37. The first-order valence-electron chi connectivity index (χ1n) is 41.5. The third kappa shape index (κ3) is 63.1. The lowest BCUT2D eigenvalue weighted by Crippen LogP contribution is -2.26. The van der Waals surface area contributed by atoms with Gasteiger partial charge in [0.15, 0.2) is 0 Å². The van der Waals surface area contributed by atoms with Gasteiger partial charge in [-0.3, -0.25) is 9.59 Å².